The summed E-state index contributed by atoms with van der Waals surface area (Å²) in [6.07, 6.45) is 0.322. The number of nitrogens with zero attached hydrogens (tertiary/aromatic N) is 1. The molecule has 9 nitrogen and oxygen atoms in total. The fourth-order valence-corrected chi connectivity index (χ4v) is 3.48. The van der Waals surface area contributed by atoms with Gasteiger partial charge in [0, 0.05) is 18.3 Å². The fourth-order valence-electron chi connectivity index (χ4n) is 3.48. The largest absolute Gasteiger partial charge is 0.497 e. The van der Waals surface area contributed by atoms with Crippen molar-refractivity contribution in [3.8, 4) is 5.75 Å². The lowest BCUT2D eigenvalue weighted by atomic mass is 9.87. The maximum Gasteiger partial charge on any atom is 0.325 e. The molecule has 1 aliphatic heterocycles. The van der Waals surface area contributed by atoms with Crippen LogP contribution in [0.25, 0.3) is 0 Å². The third kappa shape index (κ3) is 4.20. The minimum Gasteiger partial charge on any atom is -0.497 e. The lowest BCUT2D eigenvalue weighted by Crippen LogP contribution is -2.44. The van der Waals surface area contributed by atoms with E-state index in [1.54, 1.807) is 62.6 Å². The molecule has 3 rings (SSSR count). The topological polar surface area (TPSA) is 117 Å². The molecule has 0 aliphatic carbocycles. The predicted molar refractivity (Wildman–Crippen MR) is 114 cm³/mol. The molecule has 0 bridgehead atoms. The van der Waals surface area contributed by atoms with E-state index in [0.29, 0.717) is 29.0 Å². The third-order valence-corrected chi connectivity index (χ3v) is 5.25. The lowest BCUT2D eigenvalue weighted by Gasteiger charge is -2.26. The summed E-state index contributed by atoms with van der Waals surface area (Å²) in [5, 5.41) is 7.88. The molecular weight excluding hydrogens is 400 g/mol. The van der Waals surface area contributed by atoms with Crippen molar-refractivity contribution >= 4 is 29.4 Å². The van der Waals surface area contributed by atoms with Gasteiger partial charge in [-0.15, -0.1) is 0 Å². The molecule has 5 amide bonds. The minimum atomic E-state index is -1.24. The summed E-state index contributed by atoms with van der Waals surface area (Å²) in [7, 11) is 3.07. The molecule has 3 N–H and O–H groups in total. The Balaban J connectivity index is 1.72. The molecule has 1 aliphatic rings. The van der Waals surface area contributed by atoms with Crippen LogP contribution in [0.3, 0.4) is 0 Å². The summed E-state index contributed by atoms with van der Waals surface area (Å²) < 4.78 is 5.15. The normalized spacial score (nSPS) is 17.8. The number of hydrogen-bond acceptors (Lipinski definition) is 5. The molecule has 0 radical (unpaired) electrons. The van der Waals surface area contributed by atoms with E-state index in [9.17, 15) is 19.2 Å². The van der Waals surface area contributed by atoms with Gasteiger partial charge in [0.25, 0.3) is 11.8 Å². The first kappa shape index (κ1) is 21.8. The highest BCUT2D eigenvalue weighted by Crippen LogP contribution is 2.33. The zero-order valence-corrected chi connectivity index (χ0v) is 17.5. The molecule has 2 aromatic rings. The summed E-state index contributed by atoms with van der Waals surface area (Å²) in [4.78, 5) is 50.7. The van der Waals surface area contributed by atoms with Gasteiger partial charge < -0.3 is 20.7 Å². The molecule has 0 aromatic heterocycles. The molecule has 31 heavy (non-hydrogen) atoms. The predicted octanol–water partition coefficient (Wildman–Crippen LogP) is 1.85. The fraction of sp³-hybridized carbons (Fsp3) is 0.273. The molecule has 2 aromatic carbocycles. The Kier molecular flexibility index (Phi) is 6.24. The zero-order valence-electron chi connectivity index (χ0n) is 17.5. The molecule has 1 heterocycles. The van der Waals surface area contributed by atoms with Gasteiger partial charge in [-0.2, -0.15) is 0 Å². The number of urea groups is 1. The lowest BCUT2D eigenvalue weighted by molar-refractivity contribution is -0.134. The molecule has 0 saturated carbocycles. The van der Waals surface area contributed by atoms with Crippen LogP contribution in [0.4, 0.5) is 10.5 Å². The van der Waals surface area contributed by atoms with Crippen molar-refractivity contribution in [1.29, 1.82) is 0 Å². The van der Waals surface area contributed by atoms with Gasteiger partial charge in [-0.05, 0) is 48.4 Å². The standard InChI is InChI=1S/C22H24N4O5/c1-4-22(15-7-11-17(31-3)12-8-15)20(29)26(21(30)25-22)13-18(27)24-16-9-5-14(6-10-16)19(28)23-2/h5-12H,4,13H2,1-3H3,(H,23,28)(H,24,27)(H,25,30)/t22-/m0/s1. The van der Waals surface area contributed by atoms with Crippen molar-refractivity contribution in [3.63, 3.8) is 0 Å². The molecule has 9 heteroatoms. The molecule has 1 atom stereocenters. The number of carbonyl (C=O) groups is 4. The first-order valence-corrected chi connectivity index (χ1v) is 9.75. The van der Waals surface area contributed by atoms with Crippen LogP contribution < -0.4 is 20.7 Å². The van der Waals surface area contributed by atoms with E-state index >= 15 is 0 Å². The van der Waals surface area contributed by atoms with Crippen molar-refractivity contribution in [3.05, 3.63) is 59.7 Å². The molecule has 0 unspecified atom stereocenters. The first-order valence-electron chi connectivity index (χ1n) is 9.75. The Morgan fingerprint density at radius 1 is 1.06 bits per heavy atom. The van der Waals surface area contributed by atoms with E-state index in [1.807, 2.05) is 0 Å². The van der Waals surface area contributed by atoms with Gasteiger partial charge in [-0.3, -0.25) is 19.3 Å². The van der Waals surface area contributed by atoms with Gasteiger partial charge in [0.05, 0.1) is 7.11 Å². The van der Waals surface area contributed by atoms with Gasteiger partial charge in [0.2, 0.25) is 5.91 Å². The maximum atomic E-state index is 13.2. The van der Waals surface area contributed by atoms with Crippen molar-refractivity contribution < 1.29 is 23.9 Å². The number of hydrogen-bond donors (Lipinski definition) is 3. The Morgan fingerprint density at radius 2 is 1.71 bits per heavy atom. The number of carbonyl (C=O) groups excluding carboxylic acids is 4. The SMILES string of the molecule is CC[C@@]1(c2ccc(OC)cc2)NC(=O)N(CC(=O)Nc2ccc(C(=O)NC)cc2)C1=O. The molecule has 1 saturated heterocycles. The smallest absolute Gasteiger partial charge is 0.325 e. The summed E-state index contributed by atoms with van der Waals surface area (Å²) in [5.41, 5.74) is 0.268. The van der Waals surface area contributed by atoms with Crippen LogP contribution in [0, 0.1) is 0 Å². The van der Waals surface area contributed by atoms with Crippen molar-refractivity contribution in [2.24, 2.45) is 0 Å². The van der Waals surface area contributed by atoms with E-state index < -0.39 is 29.9 Å². The molecule has 162 valence electrons. The van der Waals surface area contributed by atoms with Gasteiger partial charge in [-0.1, -0.05) is 19.1 Å². The van der Waals surface area contributed by atoms with Crippen LogP contribution in [0.15, 0.2) is 48.5 Å². The van der Waals surface area contributed by atoms with E-state index in [1.165, 1.54) is 7.05 Å². The number of amides is 5. The van der Waals surface area contributed by atoms with Crippen LogP contribution in [0.5, 0.6) is 5.75 Å². The van der Waals surface area contributed by atoms with Crippen molar-refractivity contribution in [1.82, 2.24) is 15.5 Å². The summed E-state index contributed by atoms with van der Waals surface area (Å²) in [6.45, 7) is 1.36. The number of nitrogens with one attached hydrogen (secondary N) is 3. The van der Waals surface area contributed by atoms with Gasteiger partial charge >= 0.3 is 6.03 Å². The third-order valence-electron chi connectivity index (χ3n) is 5.25. The van der Waals surface area contributed by atoms with Crippen molar-refractivity contribution in [2.45, 2.75) is 18.9 Å². The monoisotopic (exact) mass is 424 g/mol. The van der Waals surface area contributed by atoms with E-state index in [0.717, 1.165) is 4.90 Å². The number of benzene rings is 2. The Morgan fingerprint density at radius 3 is 2.26 bits per heavy atom. The molecule has 1 fully saturated rings. The van der Waals surface area contributed by atoms with Crippen LogP contribution in [-0.4, -0.2) is 49.4 Å². The highest BCUT2D eigenvalue weighted by Gasteiger charge is 2.51. The number of imide groups is 1. The van der Waals surface area contributed by atoms with Gasteiger partial charge in [-0.25, -0.2) is 4.79 Å². The number of anilines is 1. The second kappa shape index (κ2) is 8.86. The number of rotatable bonds is 7. The Labute approximate surface area is 179 Å². The van der Waals surface area contributed by atoms with Gasteiger partial charge in [0.1, 0.15) is 17.8 Å². The second-order valence-corrected chi connectivity index (χ2v) is 7.01. The quantitative estimate of drug-likeness (QED) is 0.587. The highest BCUT2D eigenvalue weighted by atomic mass is 16.5. The Hall–Kier alpha value is -3.88. The number of ether oxygens (including phenoxy) is 1. The van der Waals surface area contributed by atoms with Crippen LogP contribution >= 0.6 is 0 Å². The van der Waals surface area contributed by atoms with E-state index in [2.05, 4.69) is 16.0 Å². The highest BCUT2D eigenvalue weighted by molar-refractivity contribution is 6.10. The van der Waals surface area contributed by atoms with Crippen molar-refractivity contribution in [2.75, 3.05) is 26.0 Å². The van der Waals surface area contributed by atoms with E-state index in [4.69, 9.17) is 4.74 Å². The average molecular weight is 424 g/mol. The Bertz CT molecular complexity index is 1000. The summed E-state index contributed by atoms with van der Waals surface area (Å²) in [6, 6.07) is 12.5. The average Bonchev–Trinajstić information content (AvgIpc) is 3.04. The van der Waals surface area contributed by atoms with Crippen LogP contribution in [0.2, 0.25) is 0 Å². The summed E-state index contributed by atoms with van der Waals surface area (Å²) in [5.74, 6) is -0.634. The summed E-state index contributed by atoms with van der Waals surface area (Å²) >= 11 is 0. The van der Waals surface area contributed by atoms with Gasteiger partial charge in [0.15, 0.2) is 0 Å². The molecular formula is C22H24N4O5. The zero-order chi connectivity index (χ0) is 22.6. The molecule has 0 spiro atoms. The van der Waals surface area contributed by atoms with E-state index in [-0.39, 0.29) is 5.91 Å². The second-order valence-electron chi connectivity index (χ2n) is 7.01. The van der Waals surface area contributed by atoms with Crippen LogP contribution in [0.1, 0.15) is 29.3 Å². The first-order chi connectivity index (χ1) is 14.8. The number of methoxy groups -OCH3 is 1. The minimum absolute atomic E-state index is 0.244. The van der Waals surface area contributed by atoms with Crippen LogP contribution in [-0.2, 0) is 15.1 Å². The maximum absolute atomic E-state index is 13.2.